The highest BCUT2D eigenvalue weighted by molar-refractivity contribution is 7.89. The van der Waals surface area contributed by atoms with Crippen LogP contribution in [0.3, 0.4) is 0 Å². The molecule has 2 amide bonds. The molecule has 2 aromatic rings. The molecule has 0 saturated heterocycles. The molecule has 8 heteroatoms. The largest absolute Gasteiger partial charge is 0.497 e. The van der Waals surface area contributed by atoms with Gasteiger partial charge in [0.25, 0.3) is 5.91 Å². The molecule has 0 aromatic heterocycles. The fraction of sp³-hybridized carbons (Fsp3) is 0.364. The van der Waals surface area contributed by atoms with E-state index in [0.29, 0.717) is 23.3 Å². The Morgan fingerprint density at radius 1 is 1.03 bits per heavy atom. The number of imide groups is 1. The third-order valence-electron chi connectivity index (χ3n) is 5.48. The Labute approximate surface area is 177 Å². The molecular weight excluding hydrogens is 404 g/mol. The number of nitrogens with zero attached hydrogens (tertiary/aromatic N) is 2. The molecule has 1 aliphatic rings. The van der Waals surface area contributed by atoms with Crippen LogP contribution in [0.2, 0.25) is 0 Å². The first kappa shape index (κ1) is 22.0. The molecule has 7 nitrogen and oxygen atoms in total. The molecule has 0 N–H and O–H groups in total. The number of amides is 2. The first-order valence-electron chi connectivity index (χ1n) is 9.56. The van der Waals surface area contributed by atoms with Gasteiger partial charge < -0.3 is 4.74 Å². The van der Waals surface area contributed by atoms with Gasteiger partial charge in [-0.3, -0.25) is 14.5 Å². The maximum absolute atomic E-state index is 13.0. The van der Waals surface area contributed by atoms with Crippen molar-refractivity contribution in [2.75, 3.05) is 27.7 Å². The summed E-state index contributed by atoms with van der Waals surface area (Å²) in [6, 6.07) is 11.7. The number of carbonyl (C=O) groups excluding carboxylic acids is 2. The van der Waals surface area contributed by atoms with Crippen molar-refractivity contribution >= 4 is 21.8 Å². The molecule has 160 valence electrons. The van der Waals surface area contributed by atoms with E-state index in [-0.39, 0.29) is 23.3 Å². The molecule has 3 rings (SSSR count). The molecule has 0 aliphatic carbocycles. The summed E-state index contributed by atoms with van der Waals surface area (Å²) in [5.74, 6) is -0.0399. The lowest BCUT2D eigenvalue weighted by atomic mass is 9.77. The van der Waals surface area contributed by atoms with Gasteiger partial charge in [0, 0.05) is 26.2 Å². The Balaban J connectivity index is 1.83. The molecule has 1 aliphatic heterocycles. The van der Waals surface area contributed by atoms with Crippen molar-refractivity contribution < 1.29 is 22.7 Å². The summed E-state index contributed by atoms with van der Waals surface area (Å²) in [5, 5.41) is 0. The molecular formula is C22H26N2O5S. The first-order valence-corrected chi connectivity index (χ1v) is 11.0. The highest BCUT2D eigenvalue weighted by atomic mass is 32.2. The summed E-state index contributed by atoms with van der Waals surface area (Å²) in [7, 11) is 0.987. The quantitative estimate of drug-likeness (QED) is 0.658. The van der Waals surface area contributed by atoms with E-state index in [1.165, 1.54) is 38.2 Å². The van der Waals surface area contributed by atoms with Gasteiger partial charge in [-0.2, -0.15) is 0 Å². The fourth-order valence-corrected chi connectivity index (χ4v) is 4.45. The minimum Gasteiger partial charge on any atom is -0.497 e. The number of benzene rings is 2. The average molecular weight is 431 g/mol. The Hall–Kier alpha value is -2.71. The van der Waals surface area contributed by atoms with Gasteiger partial charge in [0.15, 0.2) is 0 Å². The summed E-state index contributed by atoms with van der Waals surface area (Å²) in [5.41, 5.74) is 1.15. The molecule has 0 unspecified atom stereocenters. The van der Waals surface area contributed by atoms with Gasteiger partial charge in [-0.05, 0) is 55.7 Å². The molecule has 2 aromatic carbocycles. The minimum absolute atomic E-state index is 0.198. The highest BCUT2D eigenvalue weighted by Crippen LogP contribution is 2.36. The Morgan fingerprint density at radius 3 is 2.23 bits per heavy atom. The van der Waals surface area contributed by atoms with Crippen LogP contribution in [-0.2, 0) is 26.7 Å². The summed E-state index contributed by atoms with van der Waals surface area (Å²) in [6.07, 6.45) is 0.426. The third kappa shape index (κ3) is 3.73. The van der Waals surface area contributed by atoms with Crippen LogP contribution in [0.1, 0.15) is 35.3 Å². The van der Waals surface area contributed by atoms with E-state index < -0.39 is 15.4 Å². The van der Waals surface area contributed by atoms with Gasteiger partial charge in [0.05, 0.1) is 17.4 Å². The number of hydrogen-bond acceptors (Lipinski definition) is 5. The molecule has 0 bridgehead atoms. The second-order valence-corrected chi connectivity index (χ2v) is 10.1. The van der Waals surface area contributed by atoms with Crippen LogP contribution in [0.15, 0.2) is 47.4 Å². The molecule has 0 atom stereocenters. The van der Waals surface area contributed by atoms with Crippen LogP contribution in [0.4, 0.5) is 0 Å². The number of sulfonamides is 1. The number of rotatable bonds is 6. The van der Waals surface area contributed by atoms with Crippen molar-refractivity contribution in [1.29, 1.82) is 0 Å². The van der Waals surface area contributed by atoms with E-state index in [0.717, 1.165) is 9.87 Å². The minimum atomic E-state index is -3.50. The zero-order valence-electron chi connectivity index (χ0n) is 17.8. The lowest BCUT2D eigenvalue weighted by Gasteiger charge is -2.37. The smallest absolute Gasteiger partial charge is 0.260 e. The van der Waals surface area contributed by atoms with Crippen molar-refractivity contribution in [3.05, 3.63) is 59.2 Å². The topological polar surface area (TPSA) is 84.0 Å². The van der Waals surface area contributed by atoms with Crippen molar-refractivity contribution in [2.45, 2.75) is 30.6 Å². The average Bonchev–Trinajstić information content (AvgIpc) is 2.72. The predicted octanol–water partition coefficient (Wildman–Crippen LogP) is 2.45. The van der Waals surface area contributed by atoms with Gasteiger partial charge in [-0.1, -0.05) is 18.2 Å². The number of methoxy groups -OCH3 is 1. The summed E-state index contributed by atoms with van der Waals surface area (Å²) in [4.78, 5) is 27.5. The van der Waals surface area contributed by atoms with Crippen molar-refractivity contribution in [3.63, 3.8) is 0 Å². The van der Waals surface area contributed by atoms with Gasteiger partial charge in [0.2, 0.25) is 15.9 Å². The van der Waals surface area contributed by atoms with Gasteiger partial charge in [-0.15, -0.1) is 0 Å². The highest BCUT2D eigenvalue weighted by Gasteiger charge is 2.44. The number of fused-ring (bicyclic) bond motifs is 1. The van der Waals surface area contributed by atoms with Crippen LogP contribution >= 0.6 is 0 Å². The summed E-state index contributed by atoms with van der Waals surface area (Å²) < 4.78 is 30.8. The van der Waals surface area contributed by atoms with E-state index in [2.05, 4.69) is 0 Å². The van der Waals surface area contributed by atoms with Crippen LogP contribution in [0.5, 0.6) is 5.75 Å². The fourth-order valence-electron chi connectivity index (χ4n) is 3.55. The molecule has 0 saturated carbocycles. The van der Waals surface area contributed by atoms with Gasteiger partial charge >= 0.3 is 0 Å². The van der Waals surface area contributed by atoms with Crippen LogP contribution < -0.4 is 4.74 Å². The predicted molar refractivity (Wildman–Crippen MR) is 113 cm³/mol. The van der Waals surface area contributed by atoms with E-state index in [9.17, 15) is 18.0 Å². The van der Waals surface area contributed by atoms with Crippen molar-refractivity contribution in [1.82, 2.24) is 9.21 Å². The maximum atomic E-state index is 13.0. The second-order valence-electron chi connectivity index (χ2n) is 7.98. The number of carbonyl (C=O) groups is 2. The molecule has 0 spiro atoms. The zero-order valence-corrected chi connectivity index (χ0v) is 18.6. The Bertz CT molecular complexity index is 1090. The molecule has 30 heavy (non-hydrogen) atoms. The lowest BCUT2D eigenvalue weighted by molar-refractivity contribution is -0.134. The lowest BCUT2D eigenvalue weighted by Crippen LogP contribution is -2.52. The Kier molecular flexibility index (Phi) is 5.75. The molecule has 1 heterocycles. The van der Waals surface area contributed by atoms with Crippen LogP contribution in [-0.4, -0.2) is 57.2 Å². The zero-order chi connectivity index (χ0) is 22.3. The van der Waals surface area contributed by atoms with Gasteiger partial charge in [0.1, 0.15) is 5.75 Å². The standard InChI is InChI=1S/C22H26N2O5S/c1-22(2)19-11-8-16(29-5)14-18(19)20(25)24(21(22)26)13-12-15-6-9-17(10-7-15)30(27,28)23(3)4/h6-11,14H,12-13H2,1-5H3. The van der Waals surface area contributed by atoms with E-state index in [1.807, 2.05) is 0 Å². The normalized spacial score (nSPS) is 16.0. The summed E-state index contributed by atoms with van der Waals surface area (Å²) in [6.45, 7) is 3.82. The molecule has 0 fully saturated rings. The van der Waals surface area contributed by atoms with E-state index >= 15 is 0 Å². The van der Waals surface area contributed by atoms with Gasteiger partial charge in [-0.25, -0.2) is 12.7 Å². The maximum Gasteiger partial charge on any atom is 0.260 e. The van der Waals surface area contributed by atoms with E-state index in [4.69, 9.17) is 4.74 Å². The number of ether oxygens (including phenoxy) is 1. The monoisotopic (exact) mass is 430 g/mol. The summed E-state index contributed by atoms with van der Waals surface area (Å²) >= 11 is 0. The van der Waals surface area contributed by atoms with Crippen molar-refractivity contribution in [3.8, 4) is 5.75 Å². The SMILES string of the molecule is COc1ccc2c(c1)C(=O)N(CCc1ccc(S(=O)(=O)N(C)C)cc1)C(=O)C2(C)C. The van der Waals surface area contributed by atoms with E-state index in [1.54, 1.807) is 44.2 Å². The number of hydrogen-bond donors (Lipinski definition) is 0. The second kappa shape index (κ2) is 7.85. The van der Waals surface area contributed by atoms with Crippen molar-refractivity contribution in [2.24, 2.45) is 0 Å². The van der Waals surface area contributed by atoms with Crippen LogP contribution in [0, 0.1) is 0 Å². The molecule has 0 radical (unpaired) electrons. The first-order chi connectivity index (χ1) is 14.0. The Morgan fingerprint density at radius 2 is 1.67 bits per heavy atom. The third-order valence-corrected chi connectivity index (χ3v) is 7.31. The van der Waals surface area contributed by atoms with Crippen LogP contribution in [0.25, 0.3) is 0 Å².